The maximum absolute atomic E-state index is 11.1. The Morgan fingerprint density at radius 3 is 2.95 bits per heavy atom. The average molecular weight is 281 g/mol. The van der Waals surface area contributed by atoms with Gasteiger partial charge in [0, 0.05) is 24.6 Å². The Labute approximate surface area is 117 Å². The summed E-state index contributed by atoms with van der Waals surface area (Å²) in [5, 5.41) is 9.15. The molecule has 0 saturated carbocycles. The predicted molar refractivity (Wildman–Crippen MR) is 76.4 cm³/mol. The highest BCUT2D eigenvalue weighted by Crippen LogP contribution is 2.16. The van der Waals surface area contributed by atoms with Gasteiger partial charge in [0.15, 0.2) is 0 Å². The molecule has 0 bridgehead atoms. The van der Waals surface area contributed by atoms with E-state index in [2.05, 4.69) is 0 Å². The molecule has 0 aliphatic carbocycles. The third-order valence-corrected chi connectivity index (χ3v) is 4.18. The zero-order valence-electron chi connectivity index (χ0n) is 10.8. The largest absolute Gasteiger partial charge is 0.480 e. The van der Waals surface area contributed by atoms with Gasteiger partial charge in [-0.25, -0.2) is 0 Å². The van der Waals surface area contributed by atoms with E-state index in [1.165, 1.54) is 0 Å². The van der Waals surface area contributed by atoms with Crippen molar-refractivity contribution in [2.75, 3.05) is 31.2 Å². The van der Waals surface area contributed by atoms with E-state index in [0.29, 0.717) is 25.5 Å². The number of hydrogen-bond acceptors (Lipinski definition) is 4. The van der Waals surface area contributed by atoms with Gasteiger partial charge in [0.25, 0.3) is 0 Å². The second kappa shape index (κ2) is 7.53. The molecule has 1 aromatic carbocycles. The molecule has 1 aliphatic heterocycles. The van der Waals surface area contributed by atoms with Crippen LogP contribution in [0.4, 0.5) is 0 Å². The van der Waals surface area contributed by atoms with Gasteiger partial charge in [0.05, 0.1) is 13.2 Å². The van der Waals surface area contributed by atoms with Crippen molar-refractivity contribution < 1.29 is 14.6 Å². The van der Waals surface area contributed by atoms with Crippen LogP contribution in [0.25, 0.3) is 0 Å². The monoisotopic (exact) mass is 281 g/mol. The van der Waals surface area contributed by atoms with Crippen molar-refractivity contribution in [1.29, 1.82) is 0 Å². The molecule has 0 amide bonds. The molecule has 0 radical (unpaired) electrons. The lowest BCUT2D eigenvalue weighted by atomic mass is 10.2. The van der Waals surface area contributed by atoms with Crippen LogP contribution in [0.1, 0.15) is 5.56 Å². The summed E-state index contributed by atoms with van der Waals surface area (Å²) in [6.07, 6.45) is 0. The molecule has 0 spiro atoms. The van der Waals surface area contributed by atoms with Gasteiger partial charge in [-0.05, 0) is 5.56 Å². The Morgan fingerprint density at radius 2 is 2.21 bits per heavy atom. The summed E-state index contributed by atoms with van der Waals surface area (Å²) in [5.41, 5.74) is 1.14. The number of rotatable bonds is 6. The SMILES string of the molecule is O=C(O)C1CSCCN1CCOCc1ccccc1. The second-order valence-electron chi connectivity index (χ2n) is 4.50. The molecule has 5 heteroatoms. The van der Waals surface area contributed by atoms with E-state index in [-0.39, 0.29) is 6.04 Å². The van der Waals surface area contributed by atoms with E-state index in [0.717, 1.165) is 17.9 Å². The summed E-state index contributed by atoms with van der Waals surface area (Å²) in [6, 6.07) is 9.64. The lowest BCUT2D eigenvalue weighted by molar-refractivity contribution is -0.142. The van der Waals surface area contributed by atoms with Crippen molar-refractivity contribution in [1.82, 2.24) is 4.90 Å². The molecule has 104 valence electrons. The second-order valence-corrected chi connectivity index (χ2v) is 5.65. The third kappa shape index (κ3) is 4.53. The maximum atomic E-state index is 11.1. The standard InChI is InChI=1S/C14H19NO3S/c16-14(17)13-11-19-9-7-15(13)6-8-18-10-12-4-2-1-3-5-12/h1-5,13H,6-11H2,(H,16,17). The molecule has 1 atom stereocenters. The Balaban J connectivity index is 1.71. The summed E-state index contributed by atoms with van der Waals surface area (Å²) >= 11 is 1.71. The summed E-state index contributed by atoms with van der Waals surface area (Å²) < 4.78 is 5.61. The number of hydrogen-bond donors (Lipinski definition) is 1. The highest BCUT2D eigenvalue weighted by atomic mass is 32.2. The molecule has 1 unspecified atom stereocenters. The molecule has 1 saturated heterocycles. The van der Waals surface area contributed by atoms with Gasteiger partial charge in [-0.1, -0.05) is 30.3 Å². The van der Waals surface area contributed by atoms with Gasteiger partial charge in [0.2, 0.25) is 0 Å². The number of carboxylic acid groups (broad SMARTS) is 1. The minimum atomic E-state index is -0.727. The van der Waals surface area contributed by atoms with Crippen LogP contribution >= 0.6 is 11.8 Å². The van der Waals surface area contributed by atoms with Crippen LogP contribution in [0.5, 0.6) is 0 Å². The van der Waals surface area contributed by atoms with Crippen molar-refractivity contribution in [3.8, 4) is 0 Å². The summed E-state index contributed by atoms with van der Waals surface area (Å²) in [7, 11) is 0. The Kier molecular flexibility index (Phi) is 5.69. The topological polar surface area (TPSA) is 49.8 Å². The molecular weight excluding hydrogens is 262 g/mol. The molecule has 2 rings (SSSR count). The van der Waals surface area contributed by atoms with Crippen LogP contribution in [-0.4, -0.2) is 53.2 Å². The quantitative estimate of drug-likeness (QED) is 0.804. The zero-order valence-corrected chi connectivity index (χ0v) is 11.6. The van der Waals surface area contributed by atoms with E-state index in [4.69, 9.17) is 9.84 Å². The predicted octanol–water partition coefficient (Wildman–Crippen LogP) is 1.71. The first kappa shape index (κ1) is 14.4. The number of aliphatic carboxylic acids is 1. The van der Waals surface area contributed by atoms with Crippen LogP contribution in [0.3, 0.4) is 0 Å². The lowest BCUT2D eigenvalue weighted by Crippen LogP contribution is -2.48. The summed E-state index contributed by atoms with van der Waals surface area (Å²) in [4.78, 5) is 13.1. The maximum Gasteiger partial charge on any atom is 0.321 e. The fraction of sp³-hybridized carbons (Fsp3) is 0.500. The lowest BCUT2D eigenvalue weighted by Gasteiger charge is -2.32. The number of carbonyl (C=O) groups is 1. The smallest absolute Gasteiger partial charge is 0.321 e. The first-order valence-corrected chi connectivity index (χ1v) is 7.59. The number of nitrogens with zero attached hydrogens (tertiary/aromatic N) is 1. The number of benzene rings is 1. The fourth-order valence-corrected chi connectivity index (χ4v) is 3.19. The van der Waals surface area contributed by atoms with Gasteiger partial charge < -0.3 is 9.84 Å². The molecule has 1 aliphatic rings. The molecule has 4 nitrogen and oxygen atoms in total. The first-order chi connectivity index (χ1) is 9.27. The number of ether oxygens (including phenoxy) is 1. The van der Waals surface area contributed by atoms with Crippen LogP contribution in [-0.2, 0) is 16.1 Å². The van der Waals surface area contributed by atoms with Crippen LogP contribution in [0.15, 0.2) is 30.3 Å². The first-order valence-electron chi connectivity index (χ1n) is 6.43. The third-order valence-electron chi connectivity index (χ3n) is 3.16. The van der Waals surface area contributed by atoms with E-state index in [9.17, 15) is 4.79 Å². The van der Waals surface area contributed by atoms with E-state index >= 15 is 0 Å². The Bertz CT molecular complexity index is 399. The molecule has 1 N–H and O–H groups in total. The van der Waals surface area contributed by atoms with Crippen molar-refractivity contribution in [3.05, 3.63) is 35.9 Å². The Hall–Kier alpha value is -1.04. The number of thioether (sulfide) groups is 1. The highest BCUT2D eigenvalue weighted by molar-refractivity contribution is 7.99. The van der Waals surface area contributed by atoms with Crippen LogP contribution in [0, 0.1) is 0 Å². The summed E-state index contributed by atoms with van der Waals surface area (Å²) in [5.74, 6) is 0.950. The number of carboxylic acids is 1. The van der Waals surface area contributed by atoms with Gasteiger partial charge in [-0.15, -0.1) is 0 Å². The fourth-order valence-electron chi connectivity index (χ4n) is 2.08. The van der Waals surface area contributed by atoms with Crippen molar-refractivity contribution in [2.24, 2.45) is 0 Å². The van der Waals surface area contributed by atoms with Gasteiger partial charge in [-0.3, -0.25) is 9.69 Å². The van der Waals surface area contributed by atoms with Crippen molar-refractivity contribution in [3.63, 3.8) is 0 Å². The Morgan fingerprint density at radius 1 is 1.42 bits per heavy atom. The molecule has 1 aromatic rings. The minimum Gasteiger partial charge on any atom is -0.480 e. The van der Waals surface area contributed by atoms with Gasteiger partial charge >= 0.3 is 5.97 Å². The molecular formula is C14H19NO3S. The van der Waals surface area contributed by atoms with Gasteiger partial charge in [0.1, 0.15) is 6.04 Å². The molecule has 1 heterocycles. The normalized spacial score (nSPS) is 20.3. The zero-order chi connectivity index (χ0) is 13.5. The van der Waals surface area contributed by atoms with E-state index < -0.39 is 5.97 Å². The average Bonchev–Trinajstić information content (AvgIpc) is 2.45. The molecule has 1 fully saturated rings. The van der Waals surface area contributed by atoms with Crippen molar-refractivity contribution in [2.45, 2.75) is 12.6 Å². The van der Waals surface area contributed by atoms with Gasteiger partial charge in [-0.2, -0.15) is 11.8 Å². The molecule has 0 aromatic heterocycles. The molecule has 19 heavy (non-hydrogen) atoms. The van der Waals surface area contributed by atoms with Crippen LogP contribution in [0.2, 0.25) is 0 Å². The van der Waals surface area contributed by atoms with E-state index in [1.54, 1.807) is 11.8 Å². The van der Waals surface area contributed by atoms with E-state index in [1.807, 2.05) is 35.2 Å². The minimum absolute atomic E-state index is 0.362. The van der Waals surface area contributed by atoms with Crippen molar-refractivity contribution >= 4 is 17.7 Å². The summed E-state index contributed by atoms with van der Waals surface area (Å²) in [6.45, 7) is 2.67. The highest BCUT2D eigenvalue weighted by Gasteiger charge is 2.28. The van der Waals surface area contributed by atoms with Crippen LogP contribution < -0.4 is 0 Å².